The van der Waals surface area contributed by atoms with Gasteiger partial charge in [0.25, 0.3) is 0 Å². The van der Waals surface area contributed by atoms with Gasteiger partial charge in [-0.25, -0.2) is 4.79 Å². The highest BCUT2D eigenvalue weighted by molar-refractivity contribution is 5.74. The predicted molar refractivity (Wildman–Crippen MR) is 95.1 cm³/mol. The van der Waals surface area contributed by atoms with E-state index < -0.39 is 0 Å². The molecule has 1 N–H and O–H groups in total. The van der Waals surface area contributed by atoms with E-state index in [-0.39, 0.29) is 18.1 Å². The van der Waals surface area contributed by atoms with Gasteiger partial charge in [-0.05, 0) is 50.1 Å². The third-order valence-electron chi connectivity index (χ3n) is 4.06. The first kappa shape index (κ1) is 17.8. The summed E-state index contributed by atoms with van der Waals surface area (Å²) >= 11 is 0. The molecule has 0 fully saturated rings. The number of hydrogen-bond donors (Lipinski definition) is 1. The van der Waals surface area contributed by atoms with Crippen LogP contribution in [-0.2, 0) is 6.42 Å². The Bertz CT molecular complexity index is 661. The molecule has 0 aliphatic carbocycles. The molecule has 2 amide bonds. The fourth-order valence-corrected chi connectivity index (χ4v) is 2.51. The molecule has 0 aliphatic heterocycles. The lowest BCUT2D eigenvalue weighted by atomic mass is 10.1. The van der Waals surface area contributed by atoms with Crippen LogP contribution in [0.3, 0.4) is 0 Å². The molecule has 2 rings (SSSR count). The Labute approximate surface area is 143 Å². The molecule has 1 aromatic carbocycles. The highest BCUT2D eigenvalue weighted by Crippen LogP contribution is 2.17. The van der Waals surface area contributed by atoms with Crippen molar-refractivity contribution in [2.75, 3.05) is 14.2 Å². The molecule has 2 aromatic rings. The van der Waals surface area contributed by atoms with Crippen LogP contribution in [0.5, 0.6) is 5.75 Å². The Balaban J connectivity index is 1.93. The molecule has 0 radical (unpaired) electrons. The number of urea groups is 1. The number of benzene rings is 1. The van der Waals surface area contributed by atoms with Crippen molar-refractivity contribution in [1.82, 2.24) is 15.2 Å². The van der Waals surface area contributed by atoms with Crippen LogP contribution in [0.25, 0.3) is 0 Å². The summed E-state index contributed by atoms with van der Waals surface area (Å²) in [6.45, 7) is 3.96. The van der Waals surface area contributed by atoms with Crippen molar-refractivity contribution in [2.45, 2.75) is 32.4 Å². The fraction of sp³-hybridized carbons (Fsp3) is 0.368. The van der Waals surface area contributed by atoms with Gasteiger partial charge in [-0.15, -0.1) is 0 Å². The summed E-state index contributed by atoms with van der Waals surface area (Å²) in [5.74, 6) is 0.826. The Kier molecular flexibility index (Phi) is 6.18. The molecule has 1 aromatic heterocycles. The Hall–Kier alpha value is -2.56. The van der Waals surface area contributed by atoms with Crippen LogP contribution >= 0.6 is 0 Å². The van der Waals surface area contributed by atoms with Crippen molar-refractivity contribution in [2.24, 2.45) is 0 Å². The van der Waals surface area contributed by atoms with Gasteiger partial charge in [-0.2, -0.15) is 0 Å². The molecule has 5 heteroatoms. The van der Waals surface area contributed by atoms with Crippen LogP contribution in [-0.4, -0.2) is 36.1 Å². The van der Waals surface area contributed by atoms with E-state index in [0.29, 0.717) is 0 Å². The van der Waals surface area contributed by atoms with Crippen molar-refractivity contribution in [3.8, 4) is 5.75 Å². The van der Waals surface area contributed by atoms with Crippen molar-refractivity contribution >= 4 is 6.03 Å². The van der Waals surface area contributed by atoms with Crippen LogP contribution < -0.4 is 10.1 Å². The van der Waals surface area contributed by atoms with E-state index in [0.717, 1.165) is 23.4 Å². The maximum Gasteiger partial charge on any atom is 0.317 e. The average Bonchev–Trinajstić information content (AvgIpc) is 2.61. The third-order valence-corrected chi connectivity index (χ3v) is 4.06. The highest BCUT2D eigenvalue weighted by atomic mass is 16.5. The normalized spacial score (nSPS) is 13.0. The van der Waals surface area contributed by atoms with Crippen LogP contribution in [0.1, 0.15) is 31.1 Å². The van der Waals surface area contributed by atoms with Gasteiger partial charge >= 0.3 is 6.03 Å². The minimum atomic E-state index is -0.108. The Morgan fingerprint density at radius 3 is 2.71 bits per heavy atom. The molecule has 24 heavy (non-hydrogen) atoms. The van der Waals surface area contributed by atoms with Crippen molar-refractivity contribution in [3.05, 3.63) is 59.9 Å². The number of rotatable bonds is 6. The first-order valence-electron chi connectivity index (χ1n) is 8.08. The summed E-state index contributed by atoms with van der Waals surface area (Å²) in [5.41, 5.74) is 2.00. The maximum atomic E-state index is 12.4. The Morgan fingerprint density at radius 2 is 2.04 bits per heavy atom. The zero-order valence-corrected chi connectivity index (χ0v) is 14.7. The van der Waals surface area contributed by atoms with Gasteiger partial charge in [0, 0.05) is 19.3 Å². The summed E-state index contributed by atoms with van der Waals surface area (Å²) in [6, 6.07) is 13.4. The summed E-state index contributed by atoms with van der Waals surface area (Å²) in [7, 11) is 3.44. The molecule has 2 atom stereocenters. The second-order valence-corrected chi connectivity index (χ2v) is 5.95. The average molecular weight is 327 g/mol. The molecule has 0 spiro atoms. The summed E-state index contributed by atoms with van der Waals surface area (Å²) < 4.78 is 5.23. The zero-order chi connectivity index (χ0) is 17.5. The number of carbonyl (C=O) groups is 1. The molecule has 0 unspecified atom stereocenters. The third kappa shape index (κ3) is 4.72. The fourth-order valence-electron chi connectivity index (χ4n) is 2.51. The number of methoxy groups -OCH3 is 1. The van der Waals surface area contributed by atoms with Gasteiger partial charge in [-0.3, -0.25) is 4.98 Å². The molecular weight excluding hydrogens is 302 g/mol. The maximum absolute atomic E-state index is 12.4. The van der Waals surface area contributed by atoms with Crippen molar-refractivity contribution in [1.29, 1.82) is 0 Å². The predicted octanol–water partition coefficient (Wildman–Crippen LogP) is 3.42. The lowest BCUT2D eigenvalue weighted by molar-refractivity contribution is 0.190. The number of amides is 2. The van der Waals surface area contributed by atoms with E-state index in [4.69, 9.17) is 4.74 Å². The van der Waals surface area contributed by atoms with Crippen molar-refractivity contribution < 1.29 is 9.53 Å². The first-order valence-corrected chi connectivity index (χ1v) is 8.08. The monoisotopic (exact) mass is 327 g/mol. The van der Waals surface area contributed by atoms with Crippen LogP contribution in [0.4, 0.5) is 4.79 Å². The summed E-state index contributed by atoms with van der Waals surface area (Å²) in [6.07, 6.45) is 2.48. The number of pyridine rings is 1. The van der Waals surface area contributed by atoms with Gasteiger partial charge in [0.15, 0.2) is 0 Å². The molecule has 0 aliphatic rings. The quantitative estimate of drug-likeness (QED) is 0.884. The minimum absolute atomic E-state index is 0.0167. The van der Waals surface area contributed by atoms with E-state index in [1.165, 1.54) is 0 Å². The van der Waals surface area contributed by atoms with E-state index in [2.05, 4.69) is 10.3 Å². The van der Waals surface area contributed by atoms with Gasteiger partial charge in [0.05, 0.1) is 18.8 Å². The second kappa shape index (κ2) is 8.34. The van der Waals surface area contributed by atoms with E-state index in [1.54, 1.807) is 25.3 Å². The molecule has 0 bridgehead atoms. The van der Waals surface area contributed by atoms with Crippen molar-refractivity contribution in [3.63, 3.8) is 0 Å². The molecule has 128 valence electrons. The van der Waals surface area contributed by atoms with E-state index in [9.17, 15) is 4.79 Å². The standard InChI is InChI=1S/C19H25N3O2/c1-14(12-16-8-7-9-17(13-16)24-4)21-19(23)22(3)15(2)18-10-5-6-11-20-18/h5-11,13-15H,12H2,1-4H3,(H,21,23)/t14-,15-/m1/s1. The topological polar surface area (TPSA) is 54.5 Å². The van der Waals surface area contributed by atoms with E-state index >= 15 is 0 Å². The summed E-state index contributed by atoms with van der Waals surface area (Å²) in [5, 5.41) is 3.03. The molecule has 0 saturated carbocycles. The number of nitrogens with one attached hydrogen (secondary N) is 1. The van der Waals surface area contributed by atoms with Gasteiger partial charge in [0.1, 0.15) is 5.75 Å². The molecule has 1 heterocycles. The first-order chi connectivity index (χ1) is 11.5. The highest BCUT2D eigenvalue weighted by Gasteiger charge is 2.19. The lowest BCUT2D eigenvalue weighted by Crippen LogP contribution is -2.43. The van der Waals surface area contributed by atoms with Crippen LogP contribution in [0.15, 0.2) is 48.7 Å². The van der Waals surface area contributed by atoms with Crippen LogP contribution in [0.2, 0.25) is 0 Å². The molecular formula is C19H25N3O2. The lowest BCUT2D eigenvalue weighted by Gasteiger charge is -2.26. The van der Waals surface area contributed by atoms with Gasteiger partial charge in [0.2, 0.25) is 0 Å². The smallest absolute Gasteiger partial charge is 0.317 e. The Morgan fingerprint density at radius 1 is 1.25 bits per heavy atom. The number of aromatic nitrogens is 1. The number of nitrogens with zero attached hydrogens (tertiary/aromatic N) is 2. The second-order valence-electron chi connectivity index (χ2n) is 5.95. The number of ether oxygens (including phenoxy) is 1. The zero-order valence-electron chi connectivity index (χ0n) is 14.7. The largest absolute Gasteiger partial charge is 0.497 e. The minimum Gasteiger partial charge on any atom is -0.497 e. The number of hydrogen-bond acceptors (Lipinski definition) is 3. The number of carbonyl (C=O) groups excluding carboxylic acids is 1. The summed E-state index contributed by atoms with van der Waals surface area (Å²) in [4.78, 5) is 18.4. The van der Waals surface area contributed by atoms with Gasteiger partial charge in [-0.1, -0.05) is 18.2 Å². The van der Waals surface area contributed by atoms with Crippen LogP contribution in [0, 0.1) is 0 Å². The van der Waals surface area contributed by atoms with Gasteiger partial charge < -0.3 is 15.0 Å². The SMILES string of the molecule is COc1cccc(C[C@@H](C)NC(=O)N(C)[C@H](C)c2ccccn2)c1. The molecule has 0 saturated heterocycles. The molecule has 5 nitrogen and oxygen atoms in total. The van der Waals surface area contributed by atoms with E-state index in [1.807, 2.05) is 56.3 Å².